The number of halogens is 1. The highest BCUT2D eigenvalue weighted by Crippen LogP contribution is 2.40. The van der Waals surface area contributed by atoms with Gasteiger partial charge in [-0.1, -0.05) is 31.2 Å². The standard InChI is InChI=1S/C27H41ClN2O5S/c1-8-14-33-22-15-18(9-2)21(28)16-20(22)24(29-36(32)26(3,4)5)19-10-12-30(13-11-19)25(31)23-17-34-27(6,7)35-23/h8,15-16,19,23-24,29H,1,9-14,17H2,2-7H3/t23-,24-,36?/m1/s1. The molecule has 0 spiro atoms. The van der Waals surface area contributed by atoms with Crippen molar-refractivity contribution in [3.05, 3.63) is 40.9 Å². The number of likely N-dealkylation sites (tertiary alicyclic amines) is 1. The molecule has 1 N–H and O–H groups in total. The number of benzene rings is 1. The van der Waals surface area contributed by atoms with Crippen molar-refractivity contribution in [1.29, 1.82) is 0 Å². The Morgan fingerprint density at radius 3 is 2.56 bits per heavy atom. The zero-order valence-electron chi connectivity index (χ0n) is 22.4. The van der Waals surface area contributed by atoms with E-state index in [2.05, 4.69) is 18.2 Å². The zero-order valence-corrected chi connectivity index (χ0v) is 24.0. The quantitative estimate of drug-likeness (QED) is 0.448. The average Bonchev–Trinajstić information content (AvgIpc) is 3.20. The third-order valence-electron chi connectivity index (χ3n) is 6.65. The first kappa shape index (κ1) is 29.1. The molecule has 2 saturated heterocycles. The molecule has 1 aromatic carbocycles. The Labute approximate surface area is 223 Å². The minimum atomic E-state index is -1.31. The van der Waals surface area contributed by atoms with E-state index in [1.165, 1.54) is 0 Å². The van der Waals surface area contributed by atoms with Gasteiger partial charge in [0.1, 0.15) is 12.4 Å². The van der Waals surface area contributed by atoms with E-state index >= 15 is 0 Å². The summed E-state index contributed by atoms with van der Waals surface area (Å²) < 4.78 is 33.6. The van der Waals surface area contributed by atoms with E-state index in [1.807, 2.05) is 51.7 Å². The van der Waals surface area contributed by atoms with Crippen molar-refractivity contribution in [2.24, 2.45) is 5.92 Å². The van der Waals surface area contributed by atoms with Crippen molar-refractivity contribution < 1.29 is 23.2 Å². The van der Waals surface area contributed by atoms with Crippen LogP contribution in [0.15, 0.2) is 24.8 Å². The molecule has 202 valence electrons. The van der Waals surface area contributed by atoms with Crippen LogP contribution in [0.4, 0.5) is 0 Å². The molecule has 2 aliphatic rings. The minimum absolute atomic E-state index is 0.0350. The zero-order chi connectivity index (χ0) is 26.7. The molecule has 0 saturated carbocycles. The van der Waals surface area contributed by atoms with E-state index in [0.29, 0.717) is 24.7 Å². The first-order valence-corrected chi connectivity index (χ1v) is 14.2. The summed E-state index contributed by atoms with van der Waals surface area (Å²) in [5.41, 5.74) is 1.88. The average molecular weight is 541 g/mol. The lowest BCUT2D eigenvalue weighted by Gasteiger charge is -2.38. The first-order chi connectivity index (χ1) is 16.9. The molecule has 36 heavy (non-hydrogen) atoms. The summed E-state index contributed by atoms with van der Waals surface area (Å²) in [6, 6.07) is 3.67. The number of nitrogens with zero attached hydrogens (tertiary/aromatic N) is 1. The van der Waals surface area contributed by atoms with Gasteiger partial charge in [0.05, 0.1) is 28.4 Å². The number of rotatable bonds is 9. The van der Waals surface area contributed by atoms with Gasteiger partial charge >= 0.3 is 0 Å². The highest BCUT2D eigenvalue weighted by atomic mass is 35.5. The third-order valence-corrected chi connectivity index (χ3v) is 8.58. The maximum atomic E-state index is 13.2. The molecule has 0 aliphatic carbocycles. The van der Waals surface area contributed by atoms with E-state index in [1.54, 1.807) is 6.08 Å². The lowest BCUT2D eigenvalue weighted by atomic mass is 9.85. The number of nitrogens with one attached hydrogen (secondary N) is 1. The van der Waals surface area contributed by atoms with Crippen molar-refractivity contribution in [2.45, 2.75) is 83.5 Å². The predicted octanol–water partition coefficient (Wildman–Crippen LogP) is 4.95. The molecule has 0 aromatic heterocycles. The molecular weight excluding hydrogens is 500 g/mol. The van der Waals surface area contributed by atoms with E-state index in [4.69, 9.17) is 25.8 Å². The second kappa shape index (κ2) is 11.9. The summed E-state index contributed by atoms with van der Waals surface area (Å²) in [5.74, 6) is 0.0762. The van der Waals surface area contributed by atoms with Crippen molar-refractivity contribution in [3.8, 4) is 5.75 Å². The van der Waals surface area contributed by atoms with Crippen molar-refractivity contribution >= 4 is 28.5 Å². The van der Waals surface area contributed by atoms with Crippen LogP contribution in [0.5, 0.6) is 5.75 Å². The van der Waals surface area contributed by atoms with Crippen LogP contribution in [0.2, 0.25) is 5.02 Å². The Hall–Kier alpha value is -1.45. The van der Waals surface area contributed by atoms with Crippen molar-refractivity contribution in [3.63, 3.8) is 0 Å². The van der Waals surface area contributed by atoms with Gasteiger partial charge in [-0.3, -0.25) is 4.79 Å². The Bertz CT molecular complexity index is 970. The van der Waals surface area contributed by atoms with Gasteiger partial charge in [-0.05, 0) is 77.5 Å². The van der Waals surface area contributed by atoms with Gasteiger partial charge in [-0.15, -0.1) is 0 Å². The van der Waals surface area contributed by atoms with Crippen LogP contribution >= 0.6 is 11.6 Å². The molecule has 0 bridgehead atoms. The number of carbonyl (C=O) groups excluding carboxylic acids is 1. The number of hydrogen-bond donors (Lipinski definition) is 1. The van der Waals surface area contributed by atoms with Gasteiger partial charge < -0.3 is 19.1 Å². The molecule has 1 aromatic rings. The van der Waals surface area contributed by atoms with Crippen LogP contribution in [0.1, 0.15) is 71.6 Å². The van der Waals surface area contributed by atoms with Crippen LogP contribution in [0.25, 0.3) is 0 Å². The van der Waals surface area contributed by atoms with Crippen LogP contribution in [-0.4, -0.2) is 58.0 Å². The molecule has 0 radical (unpaired) electrons. The van der Waals surface area contributed by atoms with Crippen LogP contribution in [-0.2, 0) is 31.7 Å². The minimum Gasteiger partial charge on any atom is -0.489 e. The smallest absolute Gasteiger partial charge is 0.254 e. The molecule has 7 nitrogen and oxygen atoms in total. The lowest BCUT2D eigenvalue weighted by Crippen LogP contribution is -2.47. The summed E-state index contributed by atoms with van der Waals surface area (Å²) in [7, 11) is -1.31. The summed E-state index contributed by atoms with van der Waals surface area (Å²) >= 11 is 6.65. The molecule has 1 amide bonds. The van der Waals surface area contributed by atoms with Gasteiger partial charge in [0.15, 0.2) is 11.9 Å². The lowest BCUT2D eigenvalue weighted by molar-refractivity contribution is -0.161. The fourth-order valence-electron chi connectivity index (χ4n) is 4.57. The van der Waals surface area contributed by atoms with Crippen molar-refractivity contribution in [2.75, 3.05) is 26.3 Å². The monoisotopic (exact) mass is 540 g/mol. The van der Waals surface area contributed by atoms with Crippen molar-refractivity contribution in [1.82, 2.24) is 9.62 Å². The molecule has 3 rings (SSSR count). The molecule has 1 unspecified atom stereocenters. The van der Waals surface area contributed by atoms with Gasteiger partial charge in [-0.25, -0.2) is 8.93 Å². The summed E-state index contributed by atoms with van der Waals surface area (Å²) in [6.07, 6.45) is 3.41. The Kier molecular flexibility index (Phi) is 9.66. The number of hydrogen-bond acceptors (Lipinski definition) is 5. The largest absolute Gasteiger partial charge is 0.489 e. The second-order valence-electron chi connectivity index (χ2n) is 10.9. The van der Waals surface area contributed by atoms with Crippen LogP contribution in [0.3, 0.4) is 0 Å². The third kappa shape index (κ3) is 7.10. The van der Waals surface area contributed by atoms with E-state index in [-0.39, 0.29) is 24.5 Å². The first-order valence-electron chi connectivity index (χ1n) is 12.7. The van der Waals surface area contributed by atoms with E-state index in [0.717, 1.165) is 36.1 Å². The Balaban J connectivity index is 1.85. The highest BCUT2D eigenvalue weighted by molar-refractivity contribution is 7.84. The number of carbonyl (C=O) groups is 1. The van der Waals surface area contributed by atoms with Gasteiger partial charge in [0, 0.05) is 23.7 Å². The number of piperidine rings is 1. The predicted molar refractivity (Wildman–Crippen MR) is 145 cm³/mol. The number of aryl methyl sites for hydroxylation is 1. The Morgan fingerprint density at radius 2 is 2.03 bits per heavy atom. The maximum Gasteiger partial charge on any atom is 0.254 e. The summed E-state index contributed by atoms with van der Waals surface area (Å²) in [4.78, 5) is 14.9. The fourth-order valence-corrected chi connectivity index (χ4v) is 5.78. The molecular formula is C27H41ClN2O5S. The second-order valence-corrected chi connectivity index (χ2v) is 13.3. The summed E-state index contributed by atoms with van der Waals surface area (Å²) in [5, 5.41) is 0.667. The number of amides is 1. The van der Waals surface area contributed by atoms with Gasteiger partial charge in [0.25, 0.3) is 5.91 Å². The Morgan fingerprint density at radius 1 is 1.36 bits per heavy atom. The fraction of sp³-hybridized carbons (Fsp3) is 0.667. The molecule has 9 heteroatoms. The topological polar surface area (TPSA) is 77.1 Å². The van der Waals surface area contributed by atoms with E-state index < -0.39 is 27.6 Å². The SMILES string of the molecule is C=CCOc1cc(CC)c(Cl)cc1[C@H](NS(=O)C(C)(C)C)C1CCN(C(=O)[C@H]2COC(C)(C)O2)CC1. The molecule has 3 atom stereocenters. The van der Waals surface area contributed by atoms with Crippen LogP contribution in [0, 0.1) is 5.92 Å². The van der Waals surface area contributed by atoms with Gasteiger partial charge in [0.2, 0.25) is 0 Å². The normalized spacial score (nSPS) is 22.3. The van der Waals surface area contributed by atoms with Crippen LogP contribution < -0.4 is 9.46 Å². The molecule has 2 heterocycles. The highest BCUT2D eigenvalue weighted by Gasteiger charge is 2.41. The van der Waals surface area contributed by atoms with Gasteiger partial charge in [-0.2, -0.15) is 0 Å². The summed E-state index contributed by atoms with van der Waals surface area (Å²) in [6.45, 7) is 17.1. The number of ether oxygens (including phenoxy) is 3. The van der Waals surface area contributed by atoms with E-state index in [9.17, 15) is 9.00 Å². The molecule has 2 fully saturated rings. The maximum absolute atomic E-state index is 13.2. The molecule has 2 aliphatic heterocycles.